The summed E-state index contributed by atoms with van der Waals surface area (Å²) in [6.45, 7) is 4.00. The first-order valence-electron chi connectivity index (χ1n) is 5.50. The third-order valence-corrected chi connectivity index (χ3v) is 1.79. The lowest BCUT2D eigenvalue weighted by molar-refractivity contribution is 1.33. The molecule has 0 aliphatic carbocycles. The third-order valence-electron chi connectivity index (χ3n) is 1.79. The molecule has 0 fully saturated rings. The highest BCUT2D eigenvalue weighted by Gasteiger charge is 1.92. The molecule has 0 radical (unpaired) electrons. The quantitative estimate of drug-likeness (QED) is 0.794. The van der Waals surface area contributed by atoms with Crippen LogP contribution < -0.4 is 5.73 Å². The molecule has 0 bridgehead atoms. The Morgan fingerprint density at radius 1 is 0.750 bits per heavy atom. The van der Waals surface area contributed by atoms with Crippen molar-refractivity contribution < 1.29 is 0 Å². The first kappa shape index (κ1) is 14.3. The van der Waals surface area contributed by atoms with Crippen molar-refractivity contribution in [3.63, 3.8) is 0 Å². The second-order valence-electron chi connectivity index (χ2n) is 2.60. The lowest BCUT2D eigenvalue weighted by atomic mass is 10.1. The summed E-state index contributed by atoms with van der Waals surface area (Å²) in [7, 11) is 1.50. The van der Waals surface area contributed by atoms with Crippen LogP contribution in [0.5, 0.6) is 0 Å². The molecule has 1 aromatic carbocycles. The summed E-state index contributed by atoms with van der Waals surface area (Å²) in [5, 5.41) is 0. The Morgan fingerprint density at radius 2 is 1.19 bits per heavy atom. The number of aromatic nitrogens is 1. The van der Waals surface area contributed by atoms with Crippen LogP contribution in [0.15, 0.2) is 54.9 Å². The highest BCUT2D eigenvalue weighted by Crippen LogP contribution is 2.16. The Balaban J connectivity index is 0.000000509. The van der Waals surface area contributed by atoms with Crippen LogP contribution in [-0.4, -0.2) is 12.0 Å². The zero-order valence-corrected chi connectivity index (χ0v) is 10.2. The smallest absolute Gasteiger partial charge is 0.0273 e. The molecule has 0 aliphatic rings. The van der Waals surface area contributed by atoms with Gasteiger partial charge in [-0.05, 0) is 30.3 Å². The summed E-state index contributed by atoms with van der Waals surface area (Å²) in [5.41, 5.74) is 6.95. The van der Waals surface area contributed by atoms with Gasteiger partial charge in [0.1, 0.15) is 0 Å². The van der Waals surface area contributed by atoms with E-state index in [2.05, 4.69) is 22.9 Å². The number of rotatable bonds is 1. The molecule has 2 nitrogen and oxygen atoms in total. The Bertz CT molecular complexity index is 306. The second kappa shape index (κ2) is 9.87. The Labute approximate surface area is 98.2 Å². The van der Waals surface area contributed by atoms with E-state index in [1.807, 2.05) is 56.6 Å². The first-order valence-corrected chi connectivity index (χ1v) is 5.50. The minimum absolute atomic E-state index is 1.21. The van der Waals surface area contributed by atoms with Crippen LogP contribution in [0.3, 0.4) is 0 Å². The average molecular weight is 216 g/mol. The topological polar surface area (TPSA) is 38.9 Å². The van der Waals surface area contributed by atoms with Crippen LogP contribution in [0.2, 0.25) is 0 Å². The monoisotopic (exact) mass is 216 g/mol. The summed E-state index contributed by atoms with van der Waals surface area (Å²) in [5.74, 6) is 0. The normalized spacial score (nSPS) is 8.00. The van der Waals surface area contributed by atoms with Gasteiger partial charge in [-0.25, -0.2) is 0 Å². The Hall–Kier alpha value is -1.67. The molecular weight excluding hydrogens is 196 g/mol. The van der Waals surface area contributed by atoms with Crippen LogP contribution in [0.4, 0.5) is 0 Å². The van der Waals surface area contributed by atoms with Gasteiger partial charge < -0.3 is 5.73 Å². The van der Waals surface area contributed by atoms with Crippen LogP contribution in [0, 0.1) is 0 Å². The molecule has 1 aromatic heterocycles. The van der Waals surface area contributed by atoms with Crippen molar-refractivity contribution in [3.8, 4) is 11.1 Å². The molecule has 0 amide bonds. The maximum atomic E-state index is 4.50. The molecule has 1 heterocycles. The van der Waals surface area contributed by atoms with Crippen molar-refractivity contribution in [1.82, 2.24) is 4.98 Å². The summed E-state index contributed by atoms with van der Waals surface area (Å²) < 4.78 is 0. The highest BCUT2D eigenvalue weighted by molar-refractivity contribution is 5.62. The van der Waals surface area contributed by atoms with Gasteiger partial charge in [-0.15, -0.1) is 0 Å². The lowest BCUT2D eigenvalue weighted by Gasteiger charge is -1.98. The molecule has 16 heavy (non-hydrogen) atoms. The van der Waals surface area contributed by atoms with Gasteiger partial charge in [0.05, 0.1) is 0 Å². The van der Waals surface area contributed by atoms with Crippen molar-refractivity contribution in [2.75, 3.05) is 7.05 Å². The van der Waals surface area contributed by atoms with Crippen molar-refractivity contribution in [3.05, 3.63) is 54.9 Å². The fourth-order valence-corrected chi connectivity index (χ4v) is 1.17. The van der Waals surface area contributed by atoms with E-state index in [-0.39, 0.29) is 0 Å². The molecule has 0 saturated heterocycles. The molecular formula is C14H20N2. The number of pyridine rings is 1. The summed E-state index contributed by atoms with van der Waals surface area (Å²) in [6, 6.07) is 14.3. The van der Waals surface area contributed by atoms with Gasteiger partial charge in [0.25, 0.3) is 0 Å². The molecule has 0 atom stereocenters. The molecule has 0 saturated carbocycles. The van der Waals surface area contributed by atoms with E-state index in [1.54, 1.807) is 0 Å². The molecule has 86 valence electrons. The van der Waals surface area contributed by atoms with Crippen LogP contribution >= 0.6 is 0 Å². The molecule has 0 unspecified atom stereocenters. The highest BCUT2D eigenvalue weighted by atomic mass is 14.6. The summed E-state index contributed by atoms with van der Waals surface area (Å²) in [4.78, 5) is 3.97. The standard InChI is InChI=1S/C11H9N.C2H6.CH5N/c1-2-4-10(5-3-1)11-6-8-12-9-7-11;2*1-2/h1-9H;1-2H3;2H2,1H3. The van der Waals surface area contributed by atoms with Crippen LogP contribution in [0.25, 0.3) is 11.1 Å². The van der Waals surface area contributed by atoms with E-state index in [0.29, 0.717) is 0 Å². The maximum absolute atomic E-state index is 4.50. The predicted octanol–water partition coefficient (Wildman–Crippen LogP) is 3.35. The lowest BCUT2D eigenvalue weighted by Crippen LogP contribution is -1.76. The third kappa shape index (κ3) is 4.71. The van der Waals surface area contributed by atoms with Gasteiger partial charge in [-0.3, -0.25) is 4.98 Å². The van der Waals surface area contributed by atoms with E-state index in [9.17, 15) is 0 Å². The number of hydrogen-bond acceptors (Lipinski definition) is 2. The molecule has 0 aliphatic heterocycles. The first-order chi connectivity index (χ1) is 7.97. The van der Waals surface area contributed by atoms with Crippen LogP contribution in [-0.2, 0) is 0 Å². The van der Waals surface area contributed by atoms with Crippen molar-refractivity contribution in [2.45, 2.75) is 13.8 Å². The van der Waals surface area contributed by atoms with Crippen molar-refractivity contribution in [2.24, 2.45) is 5.73 Å². The molecule has 2 rings (SSSR count). The van der Waals surface area contributed by atoms with E-state index < -0.39 is 0 Å². The van der Waals surface area contributed by atoms with Crippen LogP contribution in [0.1, 0.15) is 13.8 Å². The number of hydrogen-bond donors (Lipinski definition) is 1. The predicted molar refractivity (Wildman–Crippen MR) is 71.1 cm³/mol. The zero-order chi connectivity index (χ0) is 12.2. The van der Waals surface area contributed by atoms with E-state index in [0.717, 1.165) is 0 Å². The van der Waals surface area contributed by atoms with E-state index in [1.165, 1.54) is 18.2 Å². The summed E-state index contributed by atoms with van der Waals surface area (Å²) in [6.07, 6.45) is 3.62. The minimum atomic E-state index is 1.21. The van der Waals surface area contributed by atoms with Gasteiger partial charge in [-0.2, -0.15) is 0 Å². The molecule has 2 N–H and O–H groups in total. The van der Waals surface area contributed by atoms with Gasteiger partial charge in [0, 0.05) is 12.4 Å². The fourth-order valence-electron chi connectivity index (χ4n) is 1.17. The van der Waals surface area contributed by atoms with E-state index >= 15 is 0 Å². The van der Waals surface area contributed by atoms with Crippen molar-refractivity contribution in [1.29, 1.82) is 0 Å². The van der Waals surface area contributed by atoms with Gasteiger partial charge in [0.15, 0.2) is 0 Å². The average Bonchev–Trinajstić information content (AvgIpc) is 2.45. The molecule has 0 spiro atoms. The number of nitrogens with zero attached hydrogens (tertiary/aromatic N) is 1. The van der Waals surface area contributed by atoms with Crippen molar-refractivity contribution >= 4 is 0 Å². The largest absolute Gasteiger partial charge is 0.333 e. The fraction of sp³-hybridized carbons (Fsp3) is 0.214. The SMILES string of the molecule is CC.CN.c1ccc(-c2ccncc2)cc1. The van der Waals surface area contributed by atoms with Gasteiger partial charge in [-0.1, -0.05) is 44.2 Å². The number of nitrogens with two attached hydrogens (primary N) is 1. The Kier molecular flexibility index (Phi) is 8.84. The minimum Gasteiger partial charge on any atom is -0.333 e. The zero-order valence-electron chi connectivity index (χ0n) is 10.2. The van der Waals surface area contributed by atoms with Gasteiger partial charge >= 0.3 is 0 Å². The Morgan fingerprint density at radius 3 is 1.69 bits per heavy atom. The maximum Gasteiger partial charge on any atom is 0.0273 e. The van der Waals surface area contributed by atoms with E-state index in [4.69, 9.17) is 0 Å². The summed E-state index contributed by atoms with van der Waals surface area (Å²) >= 11 is 0. The van der Waals surface area contributed by atoms with Gasteiger partial charge in [0.2, 0.25) is 0 Å². The molecule has 2 heteroatoms. The number of benzene rings is 1. The second-order valence-corrected chi connectivity index (χ2v) is 2.60. The molecule has 2 aromatic rings.